The number of carbonyl (C=O) groups is 3. The van der Waals surface area contributed by atoms with Gasteiger partial charge in [-0.1, -0.05) is 238 Å². The molecule has 0 aromatic rings. The lowest BCUT2D eigenvalue weighted by Crippen LogP contribution is -2.40. The summed E-state index contributed by atoms with van der Waals surface area (Å²) >= 11 is 0. The van der Waals surface area contributed by atoms with Crippen LogP contribution in [0.25, 0.3) is 0 Å². The van der Waals surface area contributed by atoms with Crippen LogP contribution >= 0.6 is 0 Å². The minimum atomic E-state index is -1.52. The molecule has 9 heteroatoms. The number of carbonyl (C=O) groups excluding carboxylic acids is 2. The van der Waals surface area contributed by atoms with Gasteiger partial charge in [0.15, 0.2) is 6.10 Å². The zero-order chi connectivity index (χ0) is 56.9. The Hall–Kier alpha value is -4.31. The number of ether oxygens (including phenoxy) is 4. The second-order valence-corrected chi connectivity index (χ2v) is 21.6. The molecule has 0 saturated carbocycles. The molecule has 2 atom stereocenters. The normalized spacial score (nSPS) is 13.6. The van der Waals surface area contributed by atoms with Crippen molar-refractivity contribution in [2.24, 2.45) is 0 Å². The predicted molar refractivity (Wildman–Crippen MR) is 331 cm³/mol. The molecule has 0 aromatic carbocycles. The Morgan fingerprint density at radius 2 is 0.731 bits per heavy atom. The van der Waals surface area contributed by atoms with Crippen LogP contribution in [-0.4, -0.2) is 87.4 Å². The lowest BCUT2D eigenvalue weighted by atomic mass is 10.0. The number of carboxylic acid groups (broad SMARTS) is 1. The fourth-order valence-electron chi connectivity index (χ4n) is 8.18. The summed E-state index contributed by atoms with van der Waals surface area (Å²) in [6.45, 7) is 4.73. The number of aliphatic carboxylic acids is 1. The molecule has 0 aliphatic rings. The summed E-state index contributed by atoms with van der Waals surface area (Å²) in [4.78, 5) is 37.5. The van der Waals surface area contributed by atoms with Gasteiger partial charge in [-0.3, -0.25) is 9.59 Å². The van der Waals surface area contributed by atoms with E-state index in [1.807, 2.05) is 21.1 Å². The number of quaternary nitrogens is 1. The molecule has 9 nitrogen and oxygen atoms in total. The number of rotatable bonds is 56. The van der Waals surface area contributed by atoms with E-state index < -0.39 is 24.3 Å². The highest BCUT2D eigenvalue weighted by Gasteiger charge is 2.25. The van der Waals surface area contributed by atoms with E-state index in [-0.39, 0.29) is 38.6 Å². The van der Waals surface area contributed by atoms with Gasteiger partial charge in [-0.25, -0.2) is 4.79 Å². The number of carboxylic acids is 1. The third-order valence-corrected chi connectivity index (χ3v) is 13.0. The first-order chi connectivity index (χ1) is 38.1. The molecule has 444 valence electrons. The Labute approximate surface area is 478 Å². The number of nitrogens with zero attached hydrogens (tertiary/aromatic N) is 1. The zero-order valence-corrected chi connectivity index (χ0v) is 50.5. The summed E-state index contributed by atoms with van der Waals surface area (Å²) in [7, 11) is 5.96. The lowest BCUT2D eigenvalue weighted by molar-refractivity contribution is -0.870. The lowest BCUT2D eigenvalue weighted by Gasteiger charge is -2.25. The first-order valence-corrected chi connectivity index (χ1v) is 31.2. The van der Waals surface area contributed by atoms with E-state index in [4.69, 9.17) is 18.9 Å². The first-order valence-electron chi connectivity index (χ1n) is 31.2. The van der Waals surface area contributed by atoms with Gasteiger partial charge in [-0.05, 0) is 109 Å². The Morgan fingerprint density at radius 1 is 0.397 bits per heavy atom. The van der Waals surface area contributed by atoms with Gasteiger partial charge in [0.05, 0.1) is 34.4 Å². The monoisotopic (exact) mass is 1090 g/mol. The molecule has 0 aliphatic carbocycles. The summed E-state index contributed by atoms with van der Waals surface area (Å²) < 4.78 is 22.9. The van der Waals surface area contributed by atoms with Gasteiger partial charge in [0, 0.05) is 12.8 Å². The molecule has 0 aromatic heterocycles. The van der Waals surface area contributed by atoms with Gasteiger partial charge < -0.3 is 28.5 Å². The maximum atomic E-state index is 12.9. The number of likely N-dealkylation sites (N-methyl/N-ethyl adjacent to an activating group) is 1. The van der Waals surface area contributed by atoms with Crippen LogP contribution in [0.5, 0.6) is 0 Å². The summed E-state index contributed by atoms with van der Waals surface area (Å²) in [6.07, 6.45) is 79.9. The van der Waals surface area contributed by atoms with Gasteiger partial charge >= 0.3 is 17.9 Å². The van der Waals surface area contributed by atoms with E-state index >= 15 is 0 Å². The van der Waals surface area contributed by atoms with Crippen molar-refractivity contribution in [3.8, 4) is 0 Å². The molecule has 0 rings (SSSR count). The molecular weight excluding hydrogens is 971 g/mol. The Bertz CT molecular complexity index is 1690. The highest BCUT2D eigenvalue weighted by Crippen LogP contribution is 2.15. The van der Waals surface area contributed by atoms with E-state index in [1.165, 1.54) is 89.9 Å². The van der Waals surface area contributed by atoms with Crippen LogP contribution in [0.1, 0.15) is 239 Å². The van der Waals surface area contributed by atoms with Gasteiger partial charge in [0.1, 0.15) is 13.2 Å². The molecule has 0 saturated heterocycles. The summed E-state index contributed by atoms with van der Waals surface area (Å²) in [5, 5.41) is 9.71. The maximum Gasteiger partial charge on any atom is 0.361 e. The predicted octanol–water partition coefficient (Wildman–Crippen LogP) is 18.8. The van der Waals surface area contributed by atoms with Crippen molar-refractivity contribution in [1.29, 1.82) is 0 Å². The van der Waals surface area contributed by atoms with E-state index in [0.717, 1.165) is 116 Å². The molecule has 0 bridgehead atoms. The van der Waals surface area contributed by atoms with Crippen LogP contribution < -0.4 is 0 Å². The van der Waals surface area contributed by atoms with Crippen molar-refractivity contribution in [3.05, 3.63) is 122 Å². The van der Waals surface area contributed by atoms with Crippen molar-refractivity contribution in [2.75, 3.05) is 47.5 Å². The van der Waals surface area contributed by atoms with E-state index in [2.05, 4.69) is 135 Å². The third-order valence-electron chi connectivity index (χ3n) is 13.0. The largest absolute Gasteiger partial charge is 0.477 e. The Balaban J connectivity index is 4.21. The molecule has 0 fully saturated rings. The molecule has 0 radical (unpaired) electrons. The average molecular weight is 1090 g/mol. The summed E-state index contributed by atoms with van der Waals surface area (Å²) in [5.41, 5.74) is 0. The van der Waals surface area contributed by atoms with Crippen molar-refractivity contribution in [1.82, 2.24) is 0 Å². The van der Waals surface area contributed by atoms with E-state index in [9.17, 15) is 19.5 Å². The smallest absolute Gasteiger partial charge is 0.361 e. The molecule has 0 aliphatic heterocycles. The average Bonchev–Trinajstić information content (AvgIpc) is 3.41. The molecular formula is C69H116NO8+. The van der Waals surface area contributed by atoms with Crippen LogP contribution in [-0.2, 0) is 33.3 Å². The summed E-state index contributed by atoms with van der Waals surface area (Å²) in [6, 6.07) is 0. The molecule has 78 heavy (non-hydrogen) atoms. The first kappa shape index (κ1) is 73.7. The van der Waals surface area contributed by atoms with Crippen LogP contribution in [0.4, 0.5) is 0 Å². The van der Waals surface area contributed by atoms with Crippen molar-refractivity contribution in [2.45, 2.75) is 251 Å². The minimum absolute atomic E-state index is 0.180. The van der Waals surface area contributed by atoms with Crippen LogP contribution in [0, 0.1) is 0 Å². The number of unbranched alkanes of at least 4 members (excludes halogenated alkanes) is 21. The third kappa shape index (κ3) is 59.4. The molecule has 2 unspecified atom stereocenters. The standard InChI is InChI=1S/C69H115NO8/c1-6-8-10-12-14-16-18-20-22-24-26-27-28-29-30-31-32-33-34-35-36-37-38-39-40-41-42-44-46-48-50-52-54-56-58-60-67(72)78-65(64-77-69(68(73)74)75-62-61-70(3,4)5)63-76-66(71)59-57-55-53-51-49-47-45-43-25-23-21-19-17-15-13-11-9-7-2/h8,10,14,16-17,19-20,22-23,25-27,29-30,32-33,35-36,38-39,65,69H,6-7,9,11-13,15,18,21,24,28,31,34,37,40-64H2,1-5H3/p+1/b10-8-,16-14-,19-17-,22-20-,25-23-,27-26-,30-29-,33-32-,36-35-,39-38-. The number of esters is 2. The number of hydrogen-bond donors (Lipinski definition) is 1. The van der Waals surface area contributed by atoms with E-state index in [1.54, 1.807) is 0 Å². The van der Waals surface area contributed by atoms with Gasteiger partial charge in [-0.2, -0.15) is 0 Å². The summed E-state index contributed by atoms with van der Waals surface area (Å²) in [5.74, 6) is -2.03. The SMILES string of the molecule is CC/C=C\C/C=C\C/C=C\C/C=C\C/C=C\C/C=C\C/C=C\C/C=C\CCCCCCCCCCCCC(=O)OC(COC(=O)CCCCCCCCC/C=C\C/C=C\CCCCCC)COC(OCC[N+](C)(C)C)C(=O)O. The van der Waals surface area contributed by atoms with Gasteiger partial charge in [0.2, 0.25) is 0 Å². The maximum absolute atomic E-state index is 12.9. The minimum Gasteiger partial charge on any atom is -0.477 e. The second kappa shape index (κ2) is 58.8. The highest BCUT2D eigenvalue weighted by molar-refractivity contribution is 5.71. The fraction of sp³-hybridized carbons (Fsp3) is 0.667. The topological polar surface area (TPSA) is 108 Å². The van der Waals surface area contributed by atoms with Crippen molar-refractivity contribution < 1.29 is 42.9 Å². The van der Waals surface area contributed by atoms with E-state index in [0.29, 0.717) is 17.4 Å². The van der Waals surface area contributed by atoms with Gasteiger partial charge in [0.25, 0.3) is 6.29 Å². The number of hydrogen-bond acceptors (Lipinski definition) is 7. The molecule has 0 heterocycles. The quantitative estimate of drug-likeness (QED) is 0.0211. The van der Waals surface area contributed by atoms with Crippen molar-refractivity contribution >= 4 is 17.9 Å². The molecule has 0 spiro atoms. The fourth-order valence-corrected chi connectivity index (χ4v) is 8.18. The molecule has 0 amide bonds. The van der Waals surface area contributed by atoms with Crippen LogP contribution in [0.2, 0.25) is 0 Å². The van der Waals surface area contributed by atoms with Crippen molar-refractivity contribution in [3.63, 3.8) is 0 Å². The van der Waals surface area contributed by atoms with Gasteiger partial charge in [-0.15, -0.1) is 0 Å². The Morgan fingerprint density at radius 3 is 1.09 bits per heavy atom. The second-order valence-electron chi connectivity index (χ2n) is 21.6. The van der Waals surface area contributed by atoms with Crippen LogP contribution in [0.15, 0.2) is 122 Å². The zero-order valence-electron chi connectivity index (χ0n) is 50.5. The molecule has 1 N–H and O–H groups in total. The Kier molecular flexibility index (Phi) is 55.6. The highest BCUT2D eigenvalue weighted by atomic mass is 16.7. The number of allylic oxidation sites excluding steroid dienone is 20. The van der Waals surface area contributed by atoms with Crippen LogP contribution in [0.3, 0.4) is 0 Å².